The third kappa shape index (κ3) is 2.47. The highest BCUT2D eigenvalue weighted by atomic mass is 79.9. The van der Waals surface area contributed by atoms with Gasteiger partial charge in [-0.1, -0.05) is 18.2 Å². The smallest absolute Gasteiger partial charge is 0.145 e. The first-order valence-corrected chi connectivity index (χ1v) is 7.30. The van der Waals surface area contributed by atoms with Crippen molar-refractivity contribution in [1.82, 2.24) is 4.57 Å². The summed E-state index contributed by atoms with van der Waals surface area (Å²) in [7, 11) is 0. The second-order valence-electron chi connectivity index (χ2n) is 4.81. The molecule has 0 saturated carbocycles. The summed E-state index contributed by atoms with van der Waals surface area (Å²) in [5.74, 6) is -1.13. The number of aromatic nitrogens is 1. The van der Waals surface area contributed by atoms with Gasteiger partial charge < -0.3 is 10.3 Å². The van der Waals surface area contributed by atoms with Crippen LogP contribution in [0.1, 0.15) is 11.3 Å². The fraction of sp³-hybridized carbons (Fsp3) is 0.125. The predicted octanol–water partition coefficient (Wildman–Crippen LogP) is 4.19. The van der Waals surface area contributed by atoms with E-state index in [-0.39, 0.29) is 16.6 Å². The van der Waals surface area contributed by atoms with Gasteiger partial charge in [0.25, 0.3) is 0 Å². The van der Waals surface area contributed by atoms with Gasteiger partial charge >= 0.3 is 0 Å². The van der Waals surface area contributed by atoms with Crippen LogP contribution in [0.15, 0.2) is 46.9 Å². The van der Waals surface area contributed by atoms with Gasteiger partial charge in [0.05, 0.1) is 11.0 Å². The highest BCUT2D eigenvalue weighted by molar-refractivity contribution is 9.10. The number of hydrogen-bond donors (Lipinski definition) is 1. The fourth-order valence-electron chi connectivity index (χ4n) is 2.50. The Kier molecular flexibility index (Phi) is 3.78. The molecule has 0 fully saturated rings. The molecule has 0 aliphatic heterocycles. The van der Waals surface area contributed by atoms with Gasteiger partial charge in [0, 0.05) is 23.3 Å². The summed E-state index contributed by atoms with van der Waals surface area (Å²) in [6.07, 6.45) is 0. The zero-order valence-electron chi connectivity index (χ0n) is 11.1. The average Bonchev–Trinajstić information content (AvgIpc) is 2.85. The van der Waals surface area contributed by atoms with E-state index in [1.165, 1.54) is 12.1 Å². The molecule has 0 saturated heterocycles. The SMILES string of the molecule is NCc1cc2ccccc2n1Cc1c(F)ccc(Br)c1F. The van der Waals surface area contributed by atoms with E-state index in [1.54, 1.807) is 0 Å². The molecular formula is C16H13BrF2N2. The summed E-state index contributed by atoms with van der Waals surface area (Å²) in [6.45, 7) is 0.420. The second kappa shape index (κ2) is 5.58. The molecule has 1 heterocycles. The lowest BCUT2D eigenvalue weighted by atomic mass is 10.2. The van der Waals surface area contributed by atoms with Crippen LogP contribution in [0.2, 0.25) is 0 Å². The van der Waals surface area contributed by atoms with Crippen LogP contribution >= 0.6 is 15.9 Å². The van der Waals surface area contributed by atoms with E-state index in [4.69, 9.17) is 5.73 Å². The third-order valence-electron chi connectivity index (χ3n) is 3.56. The molecule has 108 valence electrons. The Labute approximate surface area is 129 Å². The van der Waals surface area contributed by atoms with Crippen LogP contribution in [-0.4, -0.2) is 4.57 Å². The fourth-order valence-corrected chi connectivity index (χ4v) is 2.87. The highest BCUT2D eigenvalue weighted by Gasteiger charge is 2.15. The van der Waals surface area contributed by atoms with Crippen molar-refractivity contribution in [3.63, 3.8) is 0 Å². The molecule has 0 amide bonds. The van der Waals surface area contributed by atoms with E-state index in [0.29, 0.717) is 6.54 Å². The molecule has 3 rings (SSSR count). The standard InChI is InChI=1S/C16H13BrF2N2/c17-13-5-6-14(18)12(16(13)19)9-21-11(8-20)7-10-3-1-2-4-15(10)21/h1-7H,8-9,20H2. The molecule has 0 bridgehead atoms. The summed E-state index contributed by atoms with van der Waals surface area (Å²) in [5, 5.41) is 1.01. The van der Waals surface area contributed by atoms with Crippen molar-refractivity contribution in [2.24, 2.45) is 5.73 Å². The van der Waals surface area contributed by atoms with E-state index in [0.717, 1.165) is 16.6 Å². The van der Waals surface area contributed by atoms with Gasteiger partial charge in [-0.05, 0) is 45.6 Å². The number of hydrogen-bond acceptors (Lipinski definition) is 1. The lowest BCUT2D eigenvalue weighted by Crippen LogP contribution is -2.10. The van der Waals surface area contributed by atoms with Crippen LogP contribution in [-0.2, 0) is 13.1 Å². The van der Waals surface area contributed by atoms with Gasteiger partial charge in [0.2, 0.25) is 0 Å². The van der Waals surface area contributed by atoms with E-state index in [1.807, 2.05) is 34.9 Å². The normalized spacial score (nSPS) is 11.2. The number of nitrogens with zero attached hydrogens (tertiary/aromatic N) is 1. The van der Waals surface area contributed by atoms with Gasteiger partial charge in [-0.25, -0.2) is 8.78 Å². The average molecular weight is 351 g/mol. The second-order valence-corrected chi connectivity index (χ2v) is 5.66. The third-order valence-corrected chi connectivity index (χ3v) is 4.17. The van der Waals surface area contributed by atoms with Crippen LogP contribution in [0, 0.1) is 11.6 Å². The number of rotatable bonds is 3. The molecule has 2 N–H and O–H groups in total. The zero-order valence-corrected chi connectivity index (χ0v) is 12.7. The molecule has 0 spiro atoms. The number of halogens is 3. The lowest BCUT2D eigenvalue weighted by molar-refractivity contribution is 0.540. The maximum atomic E-state index is 14.2. The monoisotopic (exact) mass is 350 g/mol. The summed E-state index contributed by atoms with van der Waals surface area (Å²) in [5.41, 5.74) is 7.54. The molecule has 0 atom stereocenters. The van der Waals surface area contributed by atoms with Crippen molar-refractivity contribution >= 4 is 26.8 Å². The Morgan fingerprint density at radius 3 is 2.62 bits per heavy atom. The molecule has 2 aromatic carbocycles. The molecule has 3 aromatic rings. The Bertz CT molecular complexity index is 811. The van der Waals surface area contributed by atoms with E-state index in [2.05, 4.69) is 15.9 Å². The quantitative estimate of drug-likeness (QED) is 0.705. The van der Waals surface area contributed by atoms with Crippen molar-refractivity contribution in [3.8, 4) is 0 Å². The van der Waals surface area contributed by atoms with E-state index >= 15 is 0 Å². The molecular weight excluding hydrogens is 338 g/mol. The number of nitrogens with two attached hydrogens (primary N) is 1. The molecule has 0 aliphatic carbocycles. The van der Waals surface area contributed by atoms with Crippen LogP contribution in [0.25, 0.3) is 10.9 Å². The largest absolute Gasteiger partial charge is 0.339 e. The minimum atomic E-state index is -0.573. The minimum absolute atomic E-state index is 0.0282. The van der Waals surface area contributed by atoms with E-state index < -0.39 is 11.6 Å². The Balaban J connectivity index is 2.16. The number of benzene rings is 2. The highest BCUT2D eigenvalue weighted by Crippen LogP contribution is 2.26. The Morgan fingerprint density at radius 2 is 1.86 bits per heavy atom. The summed E-state index contributed by atoms with van der Waals surface area (Å²) in [4.78, 5) is 0. The van der Waals surface area contributed by atoms with Crippen molar-refractivity contribution in [3.05, 3.63) is 69.8 Å². The minimum Gasteiger partial charge on any atom is -0.339 e. The molecule has 0 aliphatic rings. The first-order chi connectivity index (χ1) is 10.1. The summed E-state index contributed by atoms with van der Waals surface area (Å²) >= 11 is 3.09. The topological polar surface area (TPSA) is 30.9 Å². The summed E-state index contributed by atoms with van der Waals surface area (Å²) < 4.78 is 30.2. The first-order valence-electron chi connectivity index (χ1n) is 6.51. The molecule has 5 heteroatoms. The molecule has 2 nitrogen and oxygen atoms in total. The van der Waals surface area contributed by atoms with Crippen molar-refractivity contribution in [2.75, 3.05) is 0 Å². The maximum Gasteiger partial charge on any atom is 0.145 e. The Hall–Kier alpha value is -1.72. The molecule has 0 unspecified atom stereocenters. The first kappa shape index (κ1) is 14.2. The molecule has 21 heavy (non-hydrogen) atoms. The molecule has 1 aromatic heterocycles. The van der Waals surface area contributed by atoms with Crippen LogP contribution < -0.4 is 5.73 Å². The van der Waals surface area contributed by atoms with Gasteiger partial charge in [0.1, 0.15) is 11.6 Å². The van der Waals surface area contributed by atoms with Gasteiger partial charge in [-0.2, -0.15) is 0 Å². The number of para-hydroxylation sites is 1. The van der Waals surface area contributed by atoms with E-state index in [9.17, 15) is 8.78 Å². The summed E-state index contributed by atoms with van der Waals surface area (Å²) in [6, 6.07) is 12.3. The maximum absolute atomic E-state index is 14.2. The predicted molar refractivity (Wildman–Crippen MR) is 83.0 cm³/mol. The zero-order chi connectivity index (χ0) is 15.0. The van der Waals surface area contributed by atoms with Crippen LogP contribution in [0.3, 0.4) is 0 Å². The lowest BCUT2D eigenvalue weighted by Gasteiger charge is -2.12. The van der Waals surface area contributed by atoms with Crippen molar-refractivity contribution in [2.45, 2.75) is 13.1 Å². The van der Waals surface area contributed by atoms with Crippen molar-refractivity contribution in [1.29, 1.82) is 0 Å². The van der Waals surface area contributed by atoms with Crippen LogP contribution in [0.5, 0.6) is 0 Å². The van der Waals surface area contributed by atoms with Gasteiger partial charge in [-0.3, -0.25) is 0 Å². The van der Waals surface area contributed by atoms with Gasteiger partial charge in [0.15, 0.2) is 0 Å². The van der Waals surface area contributed by atoms with Crippen molar-refractivity contribution < 1.29 is 8.78 Å². The van der Waals surface area contributed by atoms with Gasteiger partial charge in [-0.15, -0.1) is 0 Å². The number of fused-ring (bicyclic) bond motifs is 1. The molecule has 0 radical (unpaired) electrons. The Morgan fingerprint density at radius 1 is 1.10 bits per heavy atom. The van der Waals surface area contributed by atoms with Crippen LogP contribution in [0.4, 0.5) is 8.78 Å².